The number of hydrogen-bond donors (Lipinski definition) is 0. The summed E-state index contributed by atoms with van der Waals surface area (Å²) in [5.74, 6) is 0.145. The number of benzene rings is 3. The quantitative estimate of drug-likeness (QED) is 0.189. The lowest BCUT2D eigenvalue weighted by Gasteiger charge is -2.14. The molecule has 0 radical (unpaired) electrons. The van der Waals surface area contributed by atoms with Gasteiger partial charge < -0.3 is 14.2 Å². The summed E-state index contributed by atoms with van der Waals surface area (Å²) < 4.78 is 16.6. The van der Waals surface area contributed by atoms with Crippen molar-refractivity contribution >= 4 is 46.6 Å². The molecule has 1 aliphatic heterocycles. The average molecular weight is 538 g/mol. The summed E-state index contributed by atoms with van der Waals surface area (Å²) in [4.78, 5) is 39.5. The molecule has 0 aliphatic carbocycles. The van der Waals surface area contributed by atoms with Crippen LogP contribution in [-0.2, 0) is 4.79 Å². The minimum atomic E-state index is -0.648. The molecule has 4 rings (SSSR count). The van der Waals surface area contributed by atoms with Gasteiger partial charge in [-0.05, 0) is 78.7 Å². The second-order valence-corrected chi connectivity index (χ2v) is 9.63. The number of rotatable bonds is 8. The average Bonchev–Trinajstić information content (AvgIpc) is 3.13. The Kier molecular flexibility index (Phi) is 8.21. The third-order valence-electron chi connectivity index (χ3n) is 5.57. The molecule has 0 atom stereocenters. The molecule has 1 saturated heterocycles. The Bertz CT molecular complexity index is 1400. The van der Waals surface area contributed by atoms with Gasteiger partial charge in [0.25, 0.3) is 11.1 Å². The van der Waals surface area contributed by atoms with Crippen molar-refractivity contribution in [2.75, 3.05) is 20.3 Å². The van der Waals surface area contributed by atoms with E-state index in [-0.39, 0.29) is 39.6 Å². The fourth-order valence-corrected chi connectivity index (χ4v) is 4.68. The maximum Gasteiger partial charge on any atom is 0.345 e. The highest BCUT2D eigenvalue weighted by molar-refractivity contribution is 8.18. The van der Waals surface area contributed by atoms with Crippen molar-refractivity contribution in [3.63, 3.8) is 0 Å². The van der Waals surface area contributed by atoms with Crippen LogP contribution in [0.2, 0.25) is 5.02 Å². The van der Waals surface area contributed by atoms with E-state index in [1.54, 1.807) is 48.5 Å². The zero-order chi connectivity index (χ0) is 26.5. The molecule has 3 aromatic rings. The van der Waals surface area contributed by atoms with Crippen molar-refractivity contribution in [2.24, 2.45) is 0 Å². The Balaban J connectivity index is 1.47. The van der Waals surface area contributed by atoms with Gasteiger partial charge in [-0.15, -0.1) is 0 Å². The molecule has 0 bridgehead atoms. The van der Waals surface area contributed by atoms with Gasteiger partial charge in [0.1, 0.15) is 12.4 Å². The number of esters is 1. The molecule has 1 heterocycles. The summed E-state index contributed by atoms with van der Waals surface area (Å²) >= 11 is 6.95. The predicted molar refractivity (Wildman–Crippen MR) is 143 cm³/mol. The monoisotopic (exact) mass is 537 g/mol. The topological polar surface area (TPSA) is 82.1 Å². The van der Waals surface area contributed by atoms with Gasteiger partial charge in [-0.1, -0.05) is 41.9 Å². The summed E-state index contributed by atoms with van der Waals surface area (Å²) in [6, 6.07) is 17.3. The summed E-state index contributed by atoms with van der Waals surface area (Å²) in [6.07, 6.45) is 1.57. The first-order chi connectivity index (χ1) is 17.8. The number of carbonyl (C=O) groups is 3. The van der Waals surface area contributed by atoms with Crippen molar-refractivity contribution in [3.05, 3.63) is 92.8 Å². The molecule has 3 aromatic carbocycles. The van der Waals surface area contributed by atoms with Crippen molar-refractivity contribution in [1.82, 2.24) is 4.90 Å². The van der Waals surface area contributed by atoms with Gasteiger partial charge in [0, 0.05) is 0 Å². The first-order valence-electron chi connectivity index (χ1n) is 11.4. The largest absolute Gasteiger partial charge is 0.493 e. The van der Waals surface area contributed by atoms with E-state index in [2.05, 4.69) is 0 Å². The lowest BCUT2D eigenvalue weighted by molar-refractivity contribution is -0.123. The van der Waals surface area contributed by atoms with Gasteiger partial charge in [-0.25, -0.2) is 4.79 Å². The number of nitrogens with zero attached hydrogens (tertiary/aromatic N) is 1. The molecule has 0 unspecified atom stereocenters. The number of methoxy groups -OCH3 is 1. The van der Waals surface area contributed by atoms with Crippen molar-refractivity contribution in [3.8, 4) is 17.2 Å². The summed E-state index contributed by atoms with van der Waals surface area (Å²) in [6.45, 7) is 4.21. The van der Waals surface area contributed by atoms with Gasteiger partial charge in [-0.3, -0.25) is 14.5 Å². The lowest BCUT2D eigenvalue weighted by atomic mass is 10.1. The Morgan fingerprint density at radius 1 is 1.00 bits per heavy atom. The number of halogens is 1. The zero-order valence-corrected chi connectivity index (χ0v) is 22.0. The number of thioether (sulfide) groups is 1. The van der Waals surface area contributed by atoms with Crippen LogP contribution >= 0.6 is 23.4 Å². The van der Waals surface area contributed by atoms with E-state index in [4.69, 9.17) is 25.8 Å². The molecule has 7 nitrogen and oxygen atoms in total. The van der Waals surface area contributed by atoms with Crippen LogP contribution in [0.5, 0.6) is 17.2 Å². The zero-order valence-electron chi connectivity index (χ0n) is 20.4. The van der Waals surface area contributed by atoms with Gasteiger partial charge in [0.2, 0.25) is 0 Å². The normalized spacial score (nSPS) is 14.3. The summed E-state index contributed by atoms with van der Waals surface area (Å²) in [7, 11) is 1.45. The molecule has 0 spiro atoms. The third-order valence-corrected chi connectivity index (χ3v) is 6.81. The van der Waals surface area contributed by atoms with E-state index in [0.717, 1.165) is 33.5 Å². The van der Waals surface area contributed by atoms with Gasteiger partial charge >= 0.3 is 5.97 Å². The number of imide groups is 1. The maximum absolute atomic E-state index is 12.9. The molecule has 37 heavy (non-hydrogen) atoms. The van der Waals surface area contributed by atoms with Crippen LogP contribution in [0.4, 0.5) is 4.79 Å². The van der Waals surface area contributed by atoms with E-state index < -0.39 is 11.9 Å². The minimum absolute atomic E-state index is 0.124. The highest BCUT2D eigenvalue weighted by Gasteiger charge is 2.35. The fourth-order valence-electron chi connectivity index (χ4n) is 3.60. The highest BCUT2D eigenvalue weighted by atomic mass is 35.5. The molecular formula is C28H24ClNO6S. The third kappa shape index (κ3) is 6.15. The minimum Gasteiger partial charge on any atom is -0.493 e. The molecule has 2 amide bonds. The van der Waals surface area contributed by atoms with Crippen LogP contribution in [0.15, 0.2) is 65.6 Å². The van der Waals surface area contributed by atoms with Crippen molar-refractivity contribution < 1.29 is 28.6 Å². The molecule has 0 N–H and O–H groups in total. The van der Waals surface area contributed by atoms with Crippen LogP contribution in [0.25, 0.3) is 6.08 Å². The first kappa shape index (κ1) is 26.3. The molecule has 1 aliphatic rings. The first-order valence-corrected chi connectivity index (χ1v) is 12.6. The fraction of sp³-hybridized carbons (Fsp3) is 0.179. The SMILES string of the molecule is COc1ccc(/C=C2\SC(=O)N(CCOc3cc(C)ccc3C)C2=O)cc1OC(=O)c1ccccc1Cl. The van der Waals surface area contributed by atoms with Gasteiger partial charge in [0.15, 0.2) is 11.5 Å². The van der Waals surface area contributed by atoms with Crippen molar-refractivity contribution in [2.45, 2.75) is 13.8 Å². The highest BCUT2D eigenvalue weighted by Crippen LogP contribution is 2.35. The van der Waals surface area contributed by atoms with E-state index >= 15 is 0 Å². The molecule has 0 saturated carbocycles. The standard InChI is InChI=1S/C28H24ClNO6S/c1-17-8-9-18(2)23(14-17)35-13-12-30-26(31)25(37-28(30)33)16-19-10-11-22(34-3)24(15-19)36-27(32)20-6-4-5-7-21(20)29/h4-11,14-16H,12-13H2,1-3H3/b25-16-. The number of ether oxygens (including phenoxy) is 3. The number of hydrogen-bond acceptors (Lipinski definition) is 7. The van der Waals surface area contributed by atoms with Crippen molar-refractivity contribution in [1.29, 1.82) is 0 Å². The lowest BCUT2D eigenvalue weighted by Crippen LogP contribution is -2.32. The van der Waals surface area contributed by atoms with Crippen LogP contribution in [0, 0.1) is 13.8 Å². The van der Waals surface area contributed by atoms with Crippen LogP contribution in [0.3, 0.4) is 0 Å². The van der Waals surface area contributed by atoms with Crippen LogP contribution in [-0.4, -0.2) is 42.3 Å². The smallest absolute Gasteiger partial charge is 0.345 e. The maximum atomic E-state index is 12.9. The molecule has 9 heteroatoms. The second kappa shape index (κ2) is 11.5. The van der Waals surface area contributed by atoms with E-state index in [1.165, 1.54) is 7.11 Å². The Hall–Kier alpha value is -3.75. The van der Waals surface area contributed by atoms with Crippen LogP contribution in [0.1, 0.15) is 27.0 Å². The molecule has 190 valence electrons. The summed E-state index contributed by atoms with van der Waals surface area (Å²) in [5, 5.41) is -0.113. The van der Waals surface area contributed by atoms with E-state index in [9.17, 15) is 14.4 Å². The molecule has 1 fully saturated rings. The van der Waals surface area contributed by atoms with E-state index in [0.29, 0.717) is 11.3 Å². The Morgan fingerprint density at radius 3 is 2.54 bits per heavy atom. The number of amides is 2. The predicted octanol–water partition coefficient (Wildman–Crippen LogP) is 6.30. The van der Waals surface area contributed by atoms with Gasteiger partial charge in [-0.2, -0.15) is 0 Å². The Labute approximate surface area is 224 Å². The second-order valence-electron chi connectivity index (χ2n) is 8.23. The number of aryl methyl sites for hydroxylation is 2. The number of carbonyl (C=O) groups excluding carboxylic acids is 3. The molecule has 0 aromatic heterocycles. The molecular weight excluding hydrogens is 514 g/mol. The summed E-state index contributed by atoms with van der Waals surface area (Å²) in [5.41, 5.74) is 2.80. The van der Waals surface area contributed by atoms with Gasteiger partial charge in [0.05, 0.1) is 29.1 Å². The Morgan fingerprint density at radius 2 is 1.78 bits per heavy atom. The van der Waals surface area contributed by atoms with Crippen LogP contribution < -0.4 is 14.2 Å². The van der Waals surface area contributed by atoms with E-state index in [1.807, 2.05) is 32.0 Å².